The number of amides is 1. The number of nitrogens with zero attached hydrogens (tertiary/aromatic N) is 1. The highest BCUT2D eigenvalue weighted by Gasteiger charge is 2.59. The van der Waals surface area contributed by atoms with Crippen molar-refractivity contribution in [2.24, 2.45) is 11.3 Å². The van der Waals surface area contributed by atoms with Crippen LogP contribution in [0.2, 0.25) is 10.0 Å². The molecule has 1 amide bonds. The highest BCUT2D eigenvalue weighted by Crippen LogP contribution is 2.51. The first-order chi connectivity index (χ1) is 18.5. The SMILES string of the molecule is CC(C)C(NC(=O)[C@H]1N[C@H](CC(C)(C)C)[C@@](C#N)(c2ccc(Cl)cc2)[C@@H]1c1cccc(Cl)c1)C(=O)OC(C)(C)C. The van der Waals surface area contributed by atoms with E-state index >= 15 is 0 Å². The zero-order valence-electron chi connectivity index (χ0n) is 24.6. The molecular formula is C32H41Cl2N3O3. The molecule has 1 aliphatic heterocycles. The molecule has 0 aliphatic carbocycles. The number of benzene rings is 2. The topological polar surface area (TPSA) is 91.2 Å². The van der Waals surface area contributed by atoms with Gasteiger partial charge < -0.3 is 15.4 Å². The molecule has 216 valence electrons. The Labute approximate surface area is 248 Å². The van der Waals surface area contributed by atoms with Crippen molar-refractivity contribution in [3.8, 4) is 6.07 Å². The number of nitrogens with one attached hydrogen (secondary N) is 2. The lowest BCUT2D eigenvalue weighted by molar-refractivity contribution is -0.160. The molecule has 0 bridgehead atoms. The Morgan fingerprint density at radius 2 is 1.68 bits per heavy atom. The molecule has 5 atom stereocenters. The van der Waals surface area contributed by atoms with Gasteiger partial charge in [0.2, 0.25) is 5.91 Å². The Hall–Kier alpha value is -2.59. The summed E-state index contributed by atoms with van der Waals surface area (Å²) in [6.07, 6.45) is 0.615. The monoisotopic (exact) mass is 585 g/mol. The van der Waals surface area contributed by atoms with Gasteiger partial charge in [0.1, 0.15) is 17.1 Å². The molecule has 6 nitrogen and oxygen atoms in total. The highest BCUT2D eigenvalue weighted by atomic mass is 35.5. The zero-order chi connectivity index (χ0) is 30.0. The summed E-state index contributed by atoms with van der Waals surface area (Å²) in [5.41, 5.74) is -0.482. The summed E-state index contributed by atoms with van der Waals surface area (Å²) in [6, 6.07) is 15.1. The summed E-state index contributed by atoms with van der Waals surface area (Å²) in [6.45, 7) is 15.4. The number of carbonyl (C=O) groups excluding carboxylic acids is 2. The second-order valence-electron chi connectivity index (χ2n) is 13.2. The van der Waals surface area contributed by atoms with Crippen LogP contribution >= 0.6 is 23.2 Å². The summed E-state index contributed by atoms with van der Waals surface area (Å²) in [5.74, 6) is -1.70. The molecule has 2 aromatic carbocycles. The van der Waals surface area contributed by atoms with Crippen LogP contribution in [-0.4, -0.2) is 35.6 Å². The fraction of sp³-hybridized carbons (Fsp3) is 0.531. The number of carbonyl (C=O) groups is 2. The van der Waals surface area contributed by atoms with Gasteiger partial charge in [-0.25, -0.2) is 4.79 Å². The summed E-state index contributed by atoms with van der Waals surface area (Å²) in [5, 5.41) is 18.6. The summed E-state index contributed by atoms with van der Waals surface area (Å²) >= 11 is 12.7. The van der Waals surface area contributed by atoms with Gasteiger partial charge in [-0.2, -0.15) is 5.26 Å². The fourth-order valence-electron chi connectivity index (χ4n) is 5.56. The Morgan fingerprint density at radius 1 is 1.05 bits per heavy atom. The van der Waals surface area contributed by atoms with Crippen LogP contribution in [0.3, 0.4) is 0 Å². The number of hydrogen-bond donors (Lipinski definition) is 2. The molecule has 2 N–H and O–H groups in total. The molecule has 40 heavy (non-hydrogen) atoms. The van der Waals surface area contributed by atoms with Crippen LogP contribution in [0, 0.1) is 22.7 Å². The number of nitriles is 1. The quantitative estimate of drug-likeness (QED) is 0.349. The lowest BCUT2D eigenvalue weighted by atomic mass is 9.63. The van der Waals surface area contributed by atoms with Gasteiger partial charge in [-0.05, 0) is 73.9 Å². The maximum Gasteiger partial charge on any atom is 0.329 e. The molecule has 2 aromatic rings. The first-order valence-electron chi connectivity index (χ1n) is 13.7. The first-order valence-corrected chi connectivity index (χ1v) is 14.5. The van der Waals surface area contributed by atoms with Gasteiger partial charge in [0.25, 0.3) is 0 Å². The van der Waals surface area contributed by atoms with Crippen molar-refractivity contribution < 1.29 is 14.3 Å². The third-order valence-electron chi connectivity index (χ3n) is 7.19. The molecule has 1 fully saturated rings. The Morgan fingerprint density at radius 3 is 2.17 bits per heavy atom. The standard InChI is InChI=1S/C32H41Cl2N3O3/c1-19(2)26(29(39)40-31(6,7)8)37-28(38)27-25(20-10-9-11-23(34)16-20)32(18-35,21-12-14-22(33)15-13-21)24(36-27)17-30(3,4)5/h9-16,19,24-27,36H,17H2,1-8H3,(H,37,38)/t24-,25-,26?,27+,32-/m1/s1. The van der Waals surface area contributed by atoms with Crippen molar-refractivity contribution in [3.05, 3.63) is 69.7 Å². The number of esters is 1. The van der Waals surface area contributed by atoms with Gasteiger partial charge in [-0.15, -0.1) is 0 Å². The van der Waals surface area contributed by atoms with E-state index in [4.69, 9.17) is 27.9 Å². The molecule has 3 rings (SSSR count). The van der Waals surface area contributed by atoms with E-state index in [-0.39, 0.29) is 17.2 Å². The second-order valence-corrected chi connectivity index (χ2v) is 14.1. The molecule has 1 unspecified atom stereocenters. The molecule has 0 spiro atoms. The average Bonchev–Trinajstić information content (AvgIpc) is 3.14. The molecule has 1 saturated heterocycles. The Kier molecular flexibility index (Phi) is 9.66. The van der Waals surface area contributed by atoms with Crippen LogP contribution in [0.4, 0.5) is 0 Å². The number of ether oxygens (including phenoxy) is 1. The Balaban J connectivity index is 2.18. The molecule has 0 radical (unpaired) electrons. The van der Waals surface area contributed by atoms with Gasteiger partial charge in [0.05, 0.1) is 12.1 Å². The molecule has 0 aromatic heterocycles. The van der Waals surface area contributed by atoms with Crippen LogP contribution in [0.5, 0.6) is 0 Å². The van der Waals surface area contributed by atoms with Gasteiger partial charge in [0, 0.05) is 22.0 Å². The van der Waals surface area contributed by atoms with Crippen molar-refractivity contribution in [1.82, 2.24) is 10.6 Å². The zero-order valence-corrected chi connectivity index (χ0v) is 26.2. The van der Waals surface area contributed by atoms with E-state index in [9.17, 15) is 14.9 Å². The number of hydrogen-bond acceptors (Lipinski definition) is 5. The van der Waals surface area contributed by atoms with Crippen molar-refractivity contribution >= 4 is 35.1 Å². The third kappa shape index (κ3) is 7.18. The van der Waals surface area contributed by atoms with E-state index in [0.717, 1.165) is 11.1 Å². The van der Waals surface area contributed by atoms with E-state index in [1.54, 1.807) is 39.0 Å². The smallest absolute Gasteiger partial charge is 0.329 e. The van der Waals surface area contributed by atoms with E-state index < -0.39 is 41.0 Å². The summed E-state index contributed by atoms with van der Waals surface area (Å²) in [4.78, 5) is 27.3. The third-order valence-corrected chi connectivity index (χ3v) is 7.68. The molecule has 1 aliphatic rings. The minimum absolute atomic E-state index is 0.159. The van der Waals surface area contributed by atoms with Crippen molar-refractivity contribution in [1.29, 1.82) is 5.26 Å². The van der Waals surface area contributed by atoms with Gasteiger partial charge in [-0.3, -0.25) is 4.79 Å². The maximum absolute atomic E-state index is 14.2. The lowest BCUT2D eigenvalue weighted by Gasteiger charge is -2.37. The lowest BCUT2D eigenvalue weighted by Crippen LogP contribution is -2.53. The first kappa shape index (κ1) is 31.9. The highest BCUT2D eigenvalue weighted by molar-refractivity contribution is 6.30. The maximum atomic E-state index is 14.2. The predicted molar refractivity (Wildman–Crippen MR) is 160 cm³/mol. The number of halogens is 2. The van der Waals surface area contributed by atoms with Crippen LogP contribution in [-0.2, 0) is 19.7 Å². The van der Waals surface area contributed by atoms with Crippen molar-refractivity contribution in [2.45, 2.75) is 96.9 Å². The fourth-order valence-corrected chi connectivity index (χ4v) is 5.89. The molecule has 1 heterocycles. The minimum Gasteiger partial charge on any atom is -0.458 e. The van der Waals surface area contributed by atoms with E-state index in [0.29, 0.717) is 16.5 Å². The minimum atomic E-state index is -1.14. The summed E-state index contributed by atoms with van der Waals surface area (Å²) < 4.78 is 5.63. The van der Waals surface area contributed by atoms with E-state index in [1.807, 2.05) is 44.2 Å². The van der Waals surface area contributed by atoms with Crippen LogP contribution < -0.4 is 10.6 Å². The predicted octanol–water partition coefficient (Wildman–Crippen LogP) is 6.80. The van der Waals surface area contributed by atoms with Gasteiger partial charge in [0.15, 0.2) is 0 Å². The molecular weight excluding hydrogens is 545 g/mol. The van der Waals surface area contributed by atoms with Gasteiger partial charge >= 0.3 is 5.97 Å². The van der Waals surface area contributed by atoms with Crippen molar-refractivity contribution in [3.63, 3.8) is 0 Å². The van der Waals surface area contributed by atoms with E-state index in [1.165, 1.54) is 0 Å². The van der Waals surface area contributed by atoms with Crippen molar-refractivity contribution in [2.75, 3.05) is 0 Å². The second kappa shape index (κ2) is 12.1. The van der Waals surface area contributed by atoms with E-state index in [2.05, 4.69) is 37.5 Å². The average molecular weight is 587 g/mol. The van der Waals surface area contributed by atoms with Crippen LogP contribution in [0.25, 0.3) is 0 Å². The number of rotatable bonds is 7. The molecule has 0 saturated carbocycles. The van der Waals surface area contributed by atoms with Crippen LogP contribution in [0.1, 0.15) is 78.9 Å². The summed E-state index contributed by atoms with van der Waals surface area (Å²) in [7, 11) is 0. The normalized spacial score (nSPS) is 23.9. The largest absolute Gasteiger partial charge is 0.458 e. The van der Waals surface area contributed by atoms with Gasteiger partial charge in [-0.1, -0.05) is 82.1 Å². The van der Waals surface area contributed by atoms with Crippen LogP contribution in [0.15, 0.2) is 48.5 Å². The Bertz CT molecular complexity index is 1260. The molecule has 8 heteroatoms.